The van der Waals surface area contributed by atoms with Gasteiger partial charge in [-0.1, -0.05) is 18.2 Å². The number of hydrogen-bond donors (Lipinski definition) is 0. The Balaban J connectivity index is 2.25. The Morgan fingerprint density at radius 3 is 2.60 bits per heavy atom. The first-order valence-electron chi connectivity index (χ1n) is 5.34. The zero-order chi connectivity index (χ0) is 10.7. The number of benzene rings is 1. The molecule has 0 N–H and O–H groups in total. The average molecular weight is 222 g/mol. The number of piperidine rings is 1. The van der Waals surface area contributed by atoms with E-state index in [2.05, 4.69) is 11.4 Å². The topological polar surface area (TPSA) is 37.2 Å². The molecule has 2 nitrogen and oxygen atoms in total. The van der Waals surface area contributed by atoms with E-state index in [-0.39, 0.29) is 0 Å². The van der Waals surface area contributed by atoms with Crippen molar-refractivity contribution in [3.8, 4) is 0 Å². The van der Waals surface area contributed by atoms with Gasteiger partial charge in [0, 0.05) is 18.7 Å². The van der Waals surface area contributed by atoms with Gasteiger partial charge in [0.1, 0.15) is 6.26 Å². The highest BCUT2D eigenvalue weighted by atomic mass is 32.2. The van der Waals surface area contributed by atoms with Crippen LogP contribution in [-0.2, 0) is 11.2 Å². The van der Waals surface area contributed by atoms with Crippen LogP contribution in [0.1, 0.15) is 24.3 Å². The molecule has 0 spiro atoms. The van der Waals surface area contributed by atoms with Gasteiger partial charge in [-0.3, -0.25) is 0 Å². The second-order valence-corrected chi connectivity index (χ2v) is 5.29. The minimum atomic E-state index is -0.873. The molecule has 1 aliphatic rings. The molecule has 0 aromatic heterocycles. The molecule has 15 heavy (non-hydrogen) atoms. The van der Waals surface area contributed by atoms with Gasteiger partial charge in [-0.2, -0.15) is 0 Å². The van der Waals surface area contributed by atoms with E-state index in [1.807, 2.05) is 18.2 Å². The number of rotatable bonds is 2. The quantitative estimate of drug-likeness (QED) is 0.704. The van der Waals surface area contributed by atoms with Crippen LogP contribution in [0.2, 0.25) is 0 Å². The van der Waals surface area contributed by atoms with Gasteiger partial charge in [0.25, 0.3) is 0 Å². The Labute approximate surface area is 94.3 Å². The van der Waals surface area contributed by atoms with Gasteiger partial charge >= 0.3 is 0 Å². The second-order valence-electron chi connectivity index (χ2n) is 3.94. The lowest BCUT2D eigenvalue weighted by molar-refractivity contribution is 0.448. The fourth-order valence-corrected chi connectivity index (χ4v) is 2.98. The molecule has 0 saturated carbocycles. The monoisotopic (exact) mass is 222 g/mol. The molecule has 3 heteroatoms. The van der Waals surface area contributed by atoms with Crippen LogP contribution in [-0.4, -0.2) is 23.9 Å². The Hall–Kier alpha value is -0.510. The molecule has 1 saturated heterocycles. The molecule has 81 valence electrons. The summed E-state index contributed by atoms with van der Waals surface area (Å²) >= 11 is -0.873. The standard InChI is InChI=1S/C12H16NOS/c1-15(14)12-5-3-2-4-11(12)10-6-8-13-9-7-10/h2-5,10H,6-9H2,1H3. The fourth-order valence-electron chi connectivity index (χ4n) is 2.14. The predicted octanol–water partition coefficient (Wildman–Crippen LogP) is 1.91. The summed E-state index contributed by atoms with van der Waals surface area (Å²) in [5.74, 6) is 0.558. The molecule has 0 amide bonds. The maximum atomic E-state index is 11.6. The second kappa shape index (κ2) is 5.01. The minimum absolute atomic E-state index is 0.558. The van der Waals surface area contributed by atoms with Crippen LogP contribution in [0.3, 0.4) is 0 Å². The lowest BCUT2D eigenvalue weighted by Gasteiger charge is -2.23. The summed E-state index contributed by atoms with van der Waals surface area (Å²) in [5.41, 5.74) is 1.27. The molecule has 1 aromatic carbocycles. The van der Waals surface area contributed by atoms with Crippen LogP contribution < -0.4 is 5.32 Å². The fraction of sp³-hybridized carbons (Fsp3) is 0.500. The highest BCUT2D eigenvalue weighted by Gasteiger charge is 2.21. The van der Waals surface area contributed by atoms with Crippen LogP contribution in [0.25, 0.3) is 0 Å². The minimum Gasteiger partial charge on any atom is -0.612 e. The van der Waals surface area contributed by atoms with Gasteiger partial charge in [-0.25, -0.2) is 5.32 Å². The normalized spacial score (nSPS) is 20.1. The summed E-state index contributed by atoms with van der Waals surface area (Å²) < 4.78 is 11.6. The van der Waals surface area contributed by atoms with E-state index in [4.69, 9.17) is 0 Å². The molecule has 0 bridgehead atoms. The first-order chi connectivity index (χ1) is 7.29. The number of hydrogen-bond acceptors (Lipinski definition) is 1. The van der Waals surface area contributed by atoms with Gasteiger partial charge in [-0.15, -0.1) is 0 Å². The lowest BCUT2D eigenvalue weighted by atomic mass is 9.90. The van der Waals surface area contributed by atoms with Crippen LogP contribution >= 0.6 is 0 Å². The van der Waals surface area contributed by atoms with Gasteiger partial charge in [0.05, 0.1) is 0 Å². The molecular formula is C12H16NOS. The third-order valence-electron chi connectivity index (χ3n) is 2.94. The van der Waals surface area contributed by atoms with E-state index in [0.717, 1.165) is 30.8 Å². The Morgan fingerprint density at radius 2 is 1.93 bits per heavy atom. The van der Waals surface area contributed by atoms with E-state index in [1.165, 1.54) is 5.56 Å². The smallest absolute Gasteiger partial charge is 0.155 e. The largest absolute Gasteiger partial charge is 0.612 e. The highest BCUT2D eigenvalue weighted by Crippen LogP contribution is 2.30. The van der Waals surface area contributed by atoms with Crippen molar-refractivity contribution in [3.63, 3.8) is 0 Å². The third kappa shape index (κ3) is 2.54. The van der Waals surface area contributed by atoms with Gasteiger partial charge in [-0.05, 0) is 36.0 Å². The van der Waals surface area contributed by atoms with Crippen LogP contribution in [0.15, 0.2) is 29.2 Å². The molecule has 2 rings (SSSR count). The van der Waals surface area contributed by atoms with E-state index in [0.29, 0.717) is 5.92 Å². The molecule has 1 aromatic rings. The maximum Gasteiger partial charge on any atom is 0.155 e. The molecule has 1 heterocycles. The van der Waals surface area contributed by atoms with E-state index >= 15 is 0 Å². The number of nitrogens with zero attached hydrogens (tertiary/aromatic N) is 1. The first kappa shape index (κ1) is 11.0. The van der Waals surface area contributed by atoms with Crippen molar-refractivity contribution >= 4 is 11.2 Å². The van der Waals surface area contributed by atoms with Crippen molar-refractivity contribution in [2.45, 2.75) is 23.7 Å². The van der Waals surface area contributed by atoms with Crippen molar-refractivity contribution in [2.24, 2.45) is 0 Å². The van der Waals surface area contributed by atoms with Gasteiger partial charge in [0.2, 0.25) is 0 Å². The maximum absolute atomic E-state index is 11.6. The highest BCUT2D eigenvalue weighted by molar-refractivity contribution is 7.90. The van der Waals surface area contributed by atoms with Crippen LogP contribution in [0.5, 0.6) is 0 Å². The van der Waals surface area contributed by atoms with Crippen molar-refractivity contribution < 1.29 is 4.55 Å². The molecule has 1 fully saturated rings. The Kier molecular flexibility index (Phi) is 3.67. The van der Waals surface area contributed by atoms with Crippen molar-refractivity contribution in [1.29, 1.82) is 0 Å². The van der Waals surface area contributed by atoms with E-state index < -0.39 is 11.2 Å². The van der Waals surface area contributed by atoms with E-state index in [9.17, 15) is 4.55 Å². The molecule has 1 atom stereocenters. The summed E-state index contributed by atoms with van der Waals surface area (Å²) in [7, 11) is 0. The predicted molar refractivity (Wildman–Crippen MR) is 62.6 cm³/mol. The van der Waals surface area contributed by atoms with Gasteiger partial charge in [0.15, 0.2) is 4.90 Å². The Bertz CT molecular complexity index is 321. The van der Waals surface area contributed by atoms with Crippen molar-refractivity contribution in [1.82, 2.24) is 5.32 Å². The lowest BCUT2D eigenvalue weighted by Crippen LogP contribution is -2.22. The molecule has 1 radical (unpaired) electrons. The average Bonchev–Trinajstić information content (AvgIpc) is 2.30. The Morgan fingerprint density at radius 1 is 1.27 bits per heavy atom. The zero-order valence-corrected chi connectivity index (χ0v) is 9.80. The summed E-state index contributed by atoms with van der Waals surface area (Å²) in [4.78, 5) is 1.00. The summed E-state index contributed by atoms with van der Waals surface area (Å²) in [6.45, 7) is 1.91. The third-order valence-corrected chi connectivity index (χ3v) is 3.93. The summed E-state index contributed by atoms with van der Waals surface area (Å²) in [6.07, 6.45) is 3.97. The van der Waals surface area contributed by atoms with Crippen molar-refractivity contribution in [3.05, 3.63) is 29.8 Å². The van der Waals surface area contributed by atoms with Crippen LogP contribution in [0, 0.1) is 0 Å². The van der Waals surface area contributed by atoms with E-state index in [1.54, 1.807) is 6.26 Å². The van der Waals surface area contributed by atoms with Crippen molar-refractivity contribution in [2.75, 3.05) is 19.3 Å². The molecule has 1 unspecified atom stereocenters. The SMILES string of the molecule is C[S+]([O-])c1ccccc1C1CC[N]CC1. The van der Waals surface area contributed by atoms with Crippen LogP contribution in [0.4, 0.5) is 0 Å². The van der Waals surface area contributed by atoms with Gasteiger partial charge < -0.3 is 4.55 Å². The molecule has 0 aliphatic carbocycles. The zero-order valence-electron chi connectivity index (χ0n) is 8.98. The molecular weight excluding hydrogens is 206 g/mol. The first-order valence-corrected chi connectivity index (χ1v) is 6.90. The molecule has 1 aliphatic heterocycles. The summed E-state index contributed by atoms with van der Waals surface area (Å²) in [5, 5.41) is 4.35. The summed E-state index contributed by atoms with van der Waals surface area (Å²) in [6, 6.07) is 8.11.